The van der Waals surface area contributed by atoms with Gasteiger partial charge in [-0.3, -0.25) is 18.6 Å². The Labute approximate surface area is 355 Å². The molecular weight excluding hydrogens is 779 g/mol. The molecule has 13 nitrogen and oxygen atoms in total. The van der Waals surface area contributed by atoms with E-state index in [2.05, 4.69) is 50.3 Å². The predicted molar refractivity (Wildman–Crippen MR) is 230 cm³/mol. The van der Waals surface area contributed by atoms with Gasteiger partial charge in [-0.1, -0.05) is 140 Å². The van der Waals surface area contributed by atoms with Crippen LogP contribution in [0.2, 0.25) is 0 Å². The maximum atomic E-state index is 12.8. The molecule has 344 valence electrons. The third kappa shape index (κ3) is 28.3. The van der Waals surface area contributed by atoms with Crippen molar-refractivity contribution in [2.45, 2.75) is 224 Å². The summed E-state index contributed by atoms with van der Waals surface area (Å²) >= 11 is 0. The van der Waals surface area contributed by atoms with Gasteiger partial charge in [0.1, 0.15) is 43.2 Å². The van der Waals surface area contributed by atoms with Crippen LogP contribution in [-0.4, -0.2) is 98.3 Å². The summed E-state index contributed by atoms with van der Waals surface area (Å²) in [7, 11) is -5.12. The van der Waals surface area contributed by atoms with Crippen molar-refractivity contribution in [2.24, 2.45) is 0 Å². The highest BCUT2D eigenvalue weighted by atomic mass is 31.2. The quantitative estimate of drug-likeness (QED) is 0.0150. The standard InChI is InChI=1S/C45H81O13P/c1-3-5-7-9-11-13-15-17-19-21-23-25-27-29-31-33-38(46)55-35-37(36-56-59(53,54)58-45-43(51)41(49)40(48)42(50)44(45)52)57-39(47)34-32-30-28-26-24-22-20-18-16-14-12-10-8-6-4-2/h9,11,18,20,24,26,37,40-45,48-52H,3-8,10,12-17,19,21-23,25,27-36H2,1-2H3,(H,53,54)/b11-9+,20-18+,26-24+/t37-,40?,41-,42?,43?,44?,45?/m1/s1. The van der Waals surface area contributed by atoms with Crippen molar-refractivity contribution in [3.63, 3.8) is 0 Å². The zero-order valence-electron chi connectivity index (χ0n) is 36.3. The summed E-state index contributed by atoms with van der Waals surface area (Å²) in [6.07, 6.45) is 26.3. The van der Waals surface area contributed by atoms with Crippen LogP contribution in [0.15, 0.2) is 36.5 Å². The Morgan fingerprint density at radius 1 is 0.525 bits per heavy atom. The van der Waals surface area contributed by atoms with Crippen molar-refractivity contribution >= 4 is 19.8 Å². The molecule has 0 amide bonds. The number of hydrogen-bond acceptors (Lipinski definition) is 12. The van der Waals surface area contributed by atoms with Crippen LogP contribution in [0.5, 0.6) is 0 Å². The van der Waals surface area contributed by atoms with Crippen LogP contribution >= 0.6 is 7.82 Å². The molecule has 1 saturated carbocycles. The van der Waals surface area contributed by atoms with Crippen molar-refractivity contribution in [1.29, 1.82) is 0 Å². The number of rotatable bonds is 37. The van der Waals surface area contributed by atoms with Gasteiger partial charge >= 0.3 is 19.8 Å². The van der Waals surface area contributed by atoms with Gasteiger partial charge in [-0.2, -0.15) is 0 Å². The van der Waals surface area contributed by atoms with Crippen LogP contribution in [0.1, 0.15) is 181 Å². The van der Waals surface area contributed by atoms with Gasteiger partial charge in [0.2, 0.25) is 0 Å². The second-order valence-corrected chi connectivity index (χ2v) is 17.3. The number of allylic oxidation sites excluding steroid dienone is 6. The van der Waals surface area contributed by atoms with Crippen molar-refractivity contribution < 1.29 is 63.1 Å². The van der Waals surface area contributed by atoms with E-state index in [9.17, 15) is 44.6 Å². The number of ether oxygens (including phenoxy) is 2. The molecule has 0 bridgehead atoms. The molecule has 0 aromatic rings. The average Bonchev–Trinajstić information content (AvgIpc) is 3.21. The van der Waals surface area contributed by atoms with E-state index in [1.807, 2.05) is 0 Å². The van der Waals surface area contributed by atoms with Gasteiger partial charge in [0, 0.05) is 12.8 Å². The number of aliphatic hydroxyl groups excluding tert-OH is 5. The molecular formula is C45H81O13P. The normalized spacial score (nSPS) is 22.6. The van der Waals surface area contributed by atoms with E-state index < -0.39 is 75.7 Å². The Hall–Kier alpha value is -1.93. The van der Waals surface area contributed by atoms with Crippen molar-refractivity contribution in [3.8, 4) is 0 Å². The minimum Gasteiger partial charge on any atom is -0.462 e. The van der Waals surface area contributed by atoms with Crippen LogP contribution in [-0.2, 0) is 32.7 Å². The predicted octanol–water partition coefficient (Wildman–Crippen LogP) is 8.61. The maximum absolute atomic E-state index is 12.8. The van der Waals surface area contributed by atoms with Crippen molar-refractivity contribution in [1.82, 2.24) is 0 Å². The van der Waals surface area contributed by atoms with E-state index >= 15 is 0 Å². The highest BCUT2D eigenvalue weighted by molar-refractivity contribution is 7.47. The Morgan fingerprint density at radius 3 is 1.47 bits per heavy atom. The third-order valence-corrected chi connectivity index (χ3v) is 11.4. The van der Waals surface area contributed by atoms with E-state index in [1.165, 1.54) is 83.5 Å². The fourth-order valence-electron chi connectivity index (χ4n) is 6.71. The van der Waals surface area contributed by atoms with Crippen LogP contribution in [0.4, 0.5) is 0 Å². The Bertz CT molecular complexity index is 1180. The maximum Gasteiger partial charge on any atom is 0.472 e. The SMILES string of the molecule is CCCC/C=C/CCCCCCCCCCCC(=O)OC[C@H](COP(=O)(O)OC1C(O)C(O)C(O)[C@@H](O)C1O)OC(=O)CCCC/C=C/C/C=C/CCCCCCCC. The Kier molecular flexibility index (Phi) is 33.3. The third-order valence-electron chi connectivity index (χ3n) is 10.5. The lowest BCUT2D eigenvalue weighted by Gasteiger charge is -2.41. The molecule has 1 aliphatic rings. The lowest BCUT2D eigenvalue weighted by molar-refractivity contribution is -0.220. The number of aliphatic hydroxyl groups is 5. The van der Waals surface area contributed by atoms with Crippen LogP contribution in [0.25, 0.3) is 0 Å². The summed E-state index contributed by atoms with van der Waals surface area (Å²) in [4.78, 5) is 35.6. The number of carbonyl (C=O) groups is 2. The molecule has 0 aromatic heterocycles. The largest absolute Gasteiger partial charge is 0.472 e. The van der Waals surface area contributed by atoms with E-state index in [1.54, 1.807) is 0 Å². The van der Waals surface area contributed by atoms with Crippen molar-refractivity contribution in [2.75, 3.05) is 13.2 Å². The lowest BCUT2D eigenvalue weighted by Crippen LogP contribution is -2.64. The van der Waals surface area contributed by atoms with E-state index in [0.29, 0.717) is 12.8 Å². The molecule has 6 unspecified atom stereocenters. The molecule has 8 atom stereocenters. The van der Waals surface area contributed by atoms with Gasteiger partial charge in [0.05, 0.1) is 6.61 Å². The minimum absolute atomic E-state index is 0.0543. The van der Waals surface area contributed by atoms with Gasteiger partial charge in [-0.15, -0.1) is 0 Å². The fraction of sp³-hybridized carbons (Fsp3) is 0.822. The number of phosphoric ester groups is 1. The second-order valence-electron chi connectivity index (χ2n) is 15.9. The smallest absolute Gasteiger partial charge is 0.462 e. The molecule has 0 aliphatic heterocycles. The topological polar surface area (TPSA) is 210 Å². The zero-order chi connectivity index (χ0) is 43.6. The number of unbranched alkanes of at least 4 members (excludes halogenated alkanes) is 19. The van der Waals surface area contributed by atoms with Gasteiger partial charge < -0.3 is 39.9 Å². The molecule has 59 heavy (non-hydrogen) atoms. The summed E-state index contributed by atoms with van der Waals surface area (Å²) in [5, 5.41) is 50.1. The van der Waals surface area contributed by atoms with Gasteiger partial charge in [-0.25, -0.2) is 4.57 Å². The second kappa shape index (κ2) is 35.6. The molecule has 0 radical (unpaired) electrons. The van der Waals surface area contributed by atoms with Gasteiger partial charge in [-0.05, 0) is 64.2 Å². The molecule has 1 rings (SSSR count). The first-order valence-corrected chi connectivity index (χ1v) is 24.3. The molecule has 1 fully saturated rings. The Morgan fingerprint density at radius 2 is 0.932 bits per heavy atom. The summed E-state index contributed by atoms with van der Waals surface area (Å²) < 4.78 is 33.5. The molecule has 0 aromatic carbocycles. The van der Waals surface area contributed by atoms with Crippen molar-refractivity contribution in [3.05, 3.63) is 36.5 Å². The summed E-state index contributed by atoms with van der Waals surface area (Å²) in [5.41, 5.74) is 0. The first-order chi connectivity index (χ1) is 28.4. The molecule has 14 heteroatoms. The van der Waals surface area contributed by atoms with Crippen LogP contribution in [0, 0.1) is 0 Å². The molecule has 0 saturated heterocycles. The number of esters is 2. The van der Waals surface area contributed by atoms with Gasteiger partial charge in [0.25, 0.3) is 0 Å². The first kappa shape index (κ1) is 55.1. The fourth-order valence-corrected chi connectivity index (χ4v) is 7.68. The number of phosphoric acid groups is 1. The first-order valence-electron chi connectivity index (χ1n) is 22.8. The zero-order valence-corrected chi connectivity index (χ0v) is 37.2. The molecule has 6 N–H and O–H groups in total. The summed E-state index contributed by atoms with van der Waals surface area (Å²) in [6.45, 7) is 3.23. The van der Waals surface area contributed by atoms with E-state index in [-0.39, 0.29) is 12.8 Å². The highest BCUT2D eigenvalue weighted by Gasteiger charge is 2.51. The van der Waals surface area contributed by atoms with Crippen LogP contribution in [0.3, 0.4) is 0 Å². The molecule has 1 aliphatic carbocycles. The van der Waals surface area contributed by atoms with E-state index in [0.717, 1.165) is 57.8 Å². The Balaban J connectivity index is 2.49. The monoisotopic (exact) mass is 861 g/mol. The van der Waals surface area contributed by atoms with Gasteiger partial charge in [0.15, 0.2) is 6.10 Å². The molecule has 0 spiro atoms. The number of carbonyl (C=O) groups excluding carboxylic acids is 2. The van der Waals surface area contributed by atoms with E-state index in [4.69, 9.17) is 18.5 Å². The minimum atomic E-state index is -5.12. The molecule has 0 heterocycles. The number of hydrogen-bond donors (Lipinski definition) is 6. The summed E-state index contributed by atoms with van der Waals surface area (Å²) in [5.74, 6) is -1.14. The van der Waals surface area contributed by atoms with Crippen LogP contribution < -0.4 is 0 Å². The summed E-state index contributed by atoms with van der Waals surface area (Å²) in [6, 6.07) is 0. The highest BCUT2D eigenvalue weighted by Crippen LogP contribution is 2.47. The lowest BCUT2D eigenvalue weighted by atomic mass is 9.85. The average molecular weight is 861 g/mol.